The number of benzene rings is 1. The summed E-state index contributed by atoms with van der Waals surface area (Å²) in [6.07, 6.45) is 6.63. The first-order valence-electron chi connectivity index (χ1n) is 9.72. The second-order valence-electron chi connectivity index (χ2n) is 6.60. The molecule has 0 saturated carbocycles. The van der Waals surface area contributed by atoms with Crippen molar-refractivity contribution in [2.75, 3.05) is 19.6 Å². The van der Waals surface area contributed by atoms with E-state index in [1.54, 1.807) is 6.07 Å². The van der Waals surface area contributed by atoms with Crippen molar-refractivity contribution in [3.05, 3.63) is 65.5 Å². The monoisotopic (exact) mass is 367 g/mol. The maximum absolute atomic E-state index is 12.7. The third kappa shape index (κ3) is 6.51. The van der Waals surface area contributed by atoms with Gasteiger partial charge in [-0.25, -0.2) is 0 Å². The molecule has 0 aliphatic heterocycles. The summed E-state index contributed by atoms with van der Waals surface area (Å²) in [7, 11) is 0. The summed E-state index contributed by atoms with van der Waals surface area (Å²) in [5.74, 6) is -0.257. The van der Waals surface area contributed by atoms with Gasteiger partial charge >= 0.3 is 0 Å². The Morgan fingerprint density at radius 2 is 1.67 bits per heavy atom. The number of aromatic nitrogens is 1. The molecule has 0 fully saturated rings. The average molecular weight is 367 g/mol. The van der Waals surface area contributed by atoms with Gasteiger partial charge in [0, 0.05) is 32.0 Å². The topological polar surface area (TPSA) is 62.3 Å². The number of carbonyl (C=O) groups is 2. The Balaban J connectivity index is 1.91. The molecule has 1 aromatic carbocycles. The summed E-state index contributed by atoms with van der Waals surface area (Å²) in [5.41, 5.74) is 2.15. The zero-order valence-corrected chi connectivity index (χ0v) is 16.3. The van der Waals surface area contributed by atoms with E-state index in [0.717, 1.165) is 25.7 Å². The van der Waals surface area contributed by atoms with Gasteiger partial charge in [0.05, 0.1) is 11.1 Å². The number of rotatable bonds is 10. The minimum Gasteiger partial charge on any atom is -0.352 e. The van der Waals surface area contributed by atoms with Gasteiger partial charge in [-0.3, -0.25) is 14.6 Å². The van der Waals surface area contributed by atoms with Crippen molar-refractivity contribution < 1.29 is 9.59 Å². The number of nitrogens with zero attached hydrogens (tertiary/aromatic N) is 2. The van der Waals surface area contributed by atoms with Gasteiger partial charge in [-0.05, 0) is 37.3 Å². The summed E-state index contributed by atoms with van der Waals surface area (Å²) < 4.78 is 0. The molecule has 1 aromatic heterocycles. The van der Waals surface area contributed by atoms with Crippen molar-refractivity contribution in [3.8, 4) is 0 Å². The molecule has 2 rings (SSSR count). The van der Waals surface area contributed by atoms with Crippen LogP contribution in [0.4, 0.5) is 0 Å². The lowest BCUT2D eigenvalue weighted by Gasteiger charge is -2.21. The van der Waals surface area contributed by atoms with E-state index in [4.69, 9.17) is 0 Å². The van der Waals surface area contributed by atoms with Crippen molar-refractivity contribution in [1.82, 2.24) is 15.2 Å². The minimum absolute atomic E-state index is 0.0649. The van der Waals surface area contributed by atoms with Crippen molar-refractivity contribution in [2.45, 2.75) is 39.5 Å². The summed E-state index contributed by atoms with van der Waals surface area (Å²) in [6, 6.07) is 11.8. The zero-order chi connectivity index (χ0) is 19.5. The van der Waals surface area contributed by atoms with Crippen molar-refractivity contribution in [1.29, 1.82) is 0 Å². The third-order valence-electron chi connectivity index (χ3n) is 4.29. The molecule has 0 aliphatic rings. The Bertz CT molecular complexity index is 725. The Labute approximate surface area is 161 Å². The highest BCUT2D eigenvalue weighted by Crippen LogP contribution is 2.09. The van der Waals surface area contributed by atoms with Crippen LogP contribution in [-0.2, 0) is 6.42 Å². The molecule has 0 saturated heterocycles. The van der Waals surface area contributed by atoms with E-state index >= 15 is 0 Å². The molecule has 0 atom stereocenters. The van der Waals surface area contributed by atoms with E-state index in [1.807, 2.05) is 36.9 Å². The van der Waals surface area contributed by atoms with Crippen LogP contribution in [0, 0.1) is 0 Å². The van der Waals surface area contributed by atoms with Gasteiger partial charge in [0.15, 0.2) is 0 Å². The fourth-order valence-corrected chi connectivity index (χ4v) is 2.96. The Hall–Kier alpha value is -2.69. The molecule has 0 radical (unpaired) electrons. The molecular weight excluding hydrogens is 338 g/mol. The molecule has 1 N–H and O–H groups in total. The molecule has 0 unspecified atom stereocenters. The number of pyridine rings is 1. The first-order chi connectivity index (χ1) is 13.2. The lowest BCUT2D eigenvalue weighted by molar-refractivity contribution is 0.0755. The van der Waals surface area contributed by atoms with E-state index in [0.29, 0.717) is 30.8 Å². The molecule has 5 nitrogen and oxygen atoms in total. The Morgan fingerprint density at radius 3 is 2.33 bits per heavy atom. The summed E-state index contributed by atoms with van der Waals surface area (Å²) in [6.45, 7) is 6.11. The predicted molar refractivity (Wildman–Crippen MR) is 108 cm³/mol. The van der Waals surface area contributed by atoms with Crippen molar-refractivity contribution in [3.63, 3.8) is 0 Å². The predicted octanol–water partition coefficient (Wildman–Crippen LogP) is 3.71. The smallest absolute Gasteiger partial charge is 0.255 e. The van der Waals surface area contributed by atoms with Gasteiger partial charge in [0.1, 0.15) is 0 Å². The molecule has 5 heteroatoms. The molecule has 1 heterocycles. The molecule has 144 valence electrons. The van der Waals surface area contributed by atoms with Crippen LogP contribution in [0.5, 0.6) is 0 Å². The van der Waals surface area contributed by atoms with Crippen LogP contribution in [0.15, 0.2) is 48.8 Å². The van der Waals surface area contributed by atoms with Crippen LogP contribution in [0.25, 0.3) is 0 Å². The quantitative estimate of drug-likeness (QED) is 0.651. The normalized spacial score (nSPS) is 10.4. The zero-order valence-electron chi connectivity index (χ0n) is 16.3. The number of aryl methyl sites for hydroxylation is 1. The van der Waals surface area contributed by atoms with Crippen LogP contribution < -0.4 is 5.32 Å². The number of carbonyl (C=O) groups excluding carboxylic acids is 2. The lowest BCUT2D eigenvalue weighted by Crippen LogP contribution is -2.33. The van der Waals surface area contributed by atoms with Crippen molar-refractivity contribution in [2.24, 2.45) is 0 Å². The van der Waals surface area contributed by atoms with Crippen molar-refractivity contribution >= 4 is 11.8 Å². The maximum Gasteiger partial charge on any atom is 0.255 e. The molecule has 0 bridgehead atoms. The van der Waals surface area contributed by atoms with Crippen LogP contribution in [0.1, 0.15) is 59.4 Å². The standard InChI is InChI=1S/C22H29N3O2/c1-3-13-25(14-4-2)22(27)20-15-19(16-23-17-20)21(26)24-12-8-11-18-9-6-5-7-10-18/h5-7,9-10,15-17H,3-4,8,11-14H2,1-2H3,(H,24,26). The van der Waals surface area contributed by atoms with Crippen LogP contribution >= 0.6 is 0 Å². The summed E-state index contributed by atoms with van der Waals surface area (Å²) in [5, 5.41) is 2.91. The average Bonchev–Trinajstić information content (AvgIpc) is 2.71. The second-order valence-corrected chi connectivity index (χ2v) is 6.60. The molecular formula is C22H29N3O2. The lowest BCUT2D eigenvalue weighted by atomic mass is 10.1. The Morgan fingerprint density at radius 1 is 1.00 bits per heavy atom. The second kappa shape index (κ2) is 11.1. The minimum atomic E-state index is -0.192. The third-order valence-corrected chi connectivity index (χ3v) is 4.29. The highest BCUT2D eigenvalue weighted by atomic mass is 16.2. The first kappa shape index (κ1) is 20.6. The number of nitrogens with one attached hydrogen (secondary N) is 1. The molecule has 0 aliphatic carbocycles. The number of amides is 2. The molecule has 2 amide bonds. The summed E-state index contributed by atoms with van der Waals surface area (Å²) >= 11 is 0. The van der Waals surface area contributed by atoms with Gasteiger partial charge in [0.2, 0.25) is 0 Å². The fraction of sp³-hybridized carbons (Fsp3) is 0.409. The SMILES string of the molecule is CCCN(CCC)C(=O)c1cncc(C(=O)NCCCc2ccccc2)c1. The van der Waals surface area contributed by atoms with E-state index in [1.165, 1.54) is 18.0 Å². The van der Waals surface area contributed by atoms with Gasteiger partial charge in [-0.1, -0.05) is 44.2 Å². The van der Waals surface area contributed by atoms with Crippen LogP contribution in [0.2, 0.25) is 0 Å². The molecule has 2 aromatic rings. The van der Waals surface area contributed by atoms with Gasteiger partial charge in [-0.2, -0.15) is 0 Å². The number of hydrogen-bond acceptors (Lipinski definition) is 3. The molecule has 0 spiro atoms. The maximum atomic E-state index is 12.7. The fourth-order valence-electron chi connectivity index (χ4n) is 2.96. The van der Waals surface area contributed by atoms with E-state index in [9.17, 15) is 9.59 Å². The van der Waals surface area contributed by atoms with E-state index in [-0.39, 0.29) is 11.8 Å². The first-order valence-corrected chi connectivity index (χ1v) is 9.72. The summed E-state index contributed by atoms with van der Waals surface area (Å²) in [4.78, 5) is 31.0. The van der Waals surface area contributed by atoms with Crippen LogP contribution in [-0.4, -0.2) is 41.3 Å². The molecule has 27 heavy (non-hydrogen) atoms. The van der Waals surface area contributed by atoms with E-state index < -0.39 is 0 Å². The number of hydrogen-bond donors (Lipinski definition) is 1. The van der Waals surface area contributed by atoms with Gasteiger partial charge in [0.25, 0.3) is 11.8 Å². The highest BCUT2D eigenvalue weighted by Gasteiger charge is 2.16. The van der Waals surface area contributed by atoms with E-state index in [2.05, 4.69) is 22.4 Å². The Kier molecular flexibility index (Phi) is 8.49. The van der Waals surface area contributed by atoms with Gasteiger partial charge in [-0.15, -0.1) is 0 Å². The highest BCUT2D eigenvalue weighted by molar-refractivity contribution is 5.99. The largest absolute Gasteiger partial charge is 0.352 e. The van der Waals surface area contributed by atoms with Gasteiger partial charge < -0.3 is 10.2 Å². The van der Waals surface area contributed by atoms with Crippen LogP contribution in [0.3, 0.4) is 0 Å².